The predicted molar refractivity (Wildman–Crippen MR) is 81.1 cm³/mol. The Morgan fingerprint density at radius 2 is 2.00 bits per heavy atom. The maximum Gasteiger partial charge on any atom is 0.320 e. The lowest BCUT2D eigenvalue weighted by Crippen LogP contribution is -2.37. The Bertz CT molecular complexity index is 456. The fourth-order valence-electron chi connectivity index (χ4n) is 2.96. The van der Waals surface area contributed by atoms with E-state index in [1.54, 1.807) is 0 Å². The Kier molecular flexibility index (Phi) is 5.01. The van der Waals surface area contributed by atoms with Crippen LogP contribution in [-0.4, -0.2) is 42.2 Å². The van der Waals surface area contributed by atoms with E-state index in [-0.39, 0.29) is 0 Å². The number of benzene rings is 1. The summed E-state index contributed by atoms with van der Waals surface area (Å²) in [6.07, 6.45) is 3.12. The number of carboxylic acid groups (broad SMARTS) is 1. The first kappa shape index (κ1) is 14.9. The summed E-state index contributed by atoms with van der Waals surface area (Å²) in [4.78, 5) is 15.6. The second-order valence-electron chi connectivity index (χ2n) is 5.50. The summed E-state index contributed by atoms with van der Waals surface area (Å²) in [7, 11) is 1.89. The summed E-state index contributed by atoms with van der Waals surface area (Å²) in [5.41, 5.74) is 2.48. The average molecular weight is 276 g/mol. The average Bonchev–Trinajstić information content (AvgIpc) is 2.93. The topological polar surface area (TPSA) is 43.8 Å². The molecule has 1 aliphatic heterocycles. The molecule has 4 nitrogen and oxygen atoms in total. The van der Waals surface area contributed by atoms with Crippen LogP contribution in [0.3, 0.4) is 0 Å². The van der Waals surface area contributed by atoms with Crippen molar-refractivity contribution in [2.45, 2.75) is 38.8 Å². The van der Waals surface area contributed by atoms with Crippen molar-refractivity contribution in [1.29, 1.82) is 0 Å². The van der Waals surface area contributed by atoms with Crippen LogP contribution in [0.5, 0.6) is 0 Å². The summed E-state index contributed by atoms with van der Waals surface area (Å²) in [5, 5.41) is 9.25. The molecule has 2 rings (SSSR count). The van der Waals surface area contributed by atoms with E-state index >= 15 is 0 Å². The number of anilines is 1. The molecule has 0 amide bonds. The zero-order valence-corrected chi connectivity index (χ0v) is 12.4. The van der Waals surface area contributed by atoms with Gasteiger partial charge < -0.3 is 10.0 Å². The molecule has 1 heterocycles. The maximum absolute atomic E-state index is 11.3. The third kappa shape index (κ3) is 3.31. The summed E-state index contributed by atoms with van der Waals surface area (Å²) in [6.45, 7) is 4.81. The number of nitrogens with zero attached hydrogens (tertiary/aromatic N) is 2. The highest BCUT2D eigenvalue weighted by molar-refractivity contribution is 5.73. The van der Waals surface area contributed by atoms with Gasteiger partial charge in [-0.25, -0.2) is 0 Å². The molecular weight excluding hydrogens is 252 g/mol. The van der Waals surface area contributed by atoms with Gasteiger partial charge in [-0.15, -0.1) is 0 Å². The molecule has 4 heteroatoms. The summed E-state index contributed by atoms with van der Waals surface area (Å²) in [5.74, 6) is -0.742. The van der Waals surface area contributed by atoms with Crippen LogP contribution in [0.15, 0.2) is 24.3 Å². The number of aliphatic carboxylic acids is 1. The molecule has 1 N–H and O–H groups in total. The fraction of sp³-hybridized carbons (Fsp3) is 0.562. The van der Waals surface area contributed by atoms with Gasteiger partial charge in [0.2, 0.25) is 0 Å². The van der Waals surface area contributed by atoms with Gasteiger partial charge in [-0.3, -0.25) is 9.69 Å². The Balaban J connectivity index is 2.14. The molecule has 110 valence electrons. The number of hydrogen-bond acceptors (Lipinski definition) is 3. The monoisotopic (exact) mass is 276 g/mol. The zero-order valence-electron chi connectivity index (χ0n) is 12.4. The third-order valence-electron chi connectivity index (χ3n) is 4.06. The van der Waals surface area contributed by atoms with Crippen molar-refractivity contribution in [3.63, 3.8) is 0 Å². The van der Waals surface area contributed by atoms with Gasteiger partial charge in [-0.05, 0) is 37.9 Å². The standard InChI is InChI=1S/C16H24N2O2/c1-3-14(16(19)20)17(2)12-13-8-4-5-9-15(13)18-10-6-7-11-18/h4-5,8-9,14H,3,6-7,10-12H2,1-2H3,(H,19,20). The maximum atomic E-state index is 11.3. The molecule has 1 atom stereocenters. The Hall–Kier alpha value is -1.55. The van der Waals surface area contributed by atoms with Crippen LogP contribution in [0.1, 0.15) is 31.7 Å². The van der Waals surface area contributed by atoms with E-state index in [9.17, 15) is 9.90 Å². The van der Waals surface area contributed by atoms with Gasteiger partial charge in [0.05, 0.1) is 0 Å². The number of carboxylic acids is 1. The first-order valence-corrected chi connectivity index (χ1v) is 7.39. The van der Waals surface area contributed by atoms with E-state index in [1.165, 1.54) is 24.1 Å². The third-order valence-corrected chi connectivity index (χ3v) is 4.06. The molecule has 0 aromatic heterocycles. The first-order valence-electron chi connectivity index (χ1n) is 7.39. The molecule has 0 spiro atoms. The molecule has 20 heavy (non-hydrogen) atoms. The Morgan fingerprint density at radius 3 is 2.60 bits per heavy atom. The number of rotatable bonds is 6. The lowest BCUT2D eigenvalue weighted by molar-refractivity contribution is -0.143. The SMILES string of the molecule is CCC(C(=O)O)N(C)Cc1ccccc1N1CCCC1. The lowest BCUT2D eigenvalue weighted by Gasteiger charge is -2.27. The second-order valence-corrected chi connectivity index (χ2v) is 5.50. The highest BCUT2D eigenvalue weighted by atomic mass is 16.4. The normalized spacial score (nSPS) is 16.6. The molecule has 1 saturated heterocycles. The predicted octanol–water partition coefficient (Wildman–Crippen LogP) is 2.58. The highest BCUT2D eigenvalue weighted by Gasteiger charge is 2.22. The van der Waals surface area contributed by atoms with Crippen molar-refractivity contribution in [2.24, 2.45) is 0 Å². The molecule has 0 saturated carbocycles. The molecule has 0 aliphatic carbocycles. The van der Waals surface area contributed by atoms with Gasteiger partial charge in [0.25, 0.3) is 0 Å². The van der Waals surface area contributed by atoms with Gasteiger partial charge in [0, 0.05) is 25.3 Å². The van der Waals surface area contributed by atoms with Gasteiger partial charge in [0.1, 0.15) is 6.04 Å². The first-order chi connectivity index (χ1) is 9.63. The molecule has 0 bridgehead atoms. The van der Waals surface area contributed by atoms with Crippen LogP contribution >= 0.6 is 0 Å². The minimum Gasteiger partial charge on any atom is -0.480 e. The molecule has 1 unspecified atom stereocenters. The highest BCUT2D eigenvalue weighted by Crippen LogP contribution is 2.25. The lowest BCUT2D eigenvalue weighted by atomic mass is 10.1. The van der Waals surface area contributed by atoms with Crippen molar-refractivity contribution in [3.8, 4) is 0 Å². The van der Waals surface area contributed by atoms with Crippen LogP contribution < -0.4 is 4.90 Å². The quantitative estimate of drug-likeness (QED) is 0.867. The Labute approximate surface area is 121 Å². The number of likely N-dealkylation sites (N-methyl/N-ethyl adjacent to an activating group) is 1. The summed E-state index contributed by atoms with van der Waals surface area (Å²) in [6, 6.07) is 7.94. The van der Waals surface area contributed by atoms with Crippen molar-refractivity contribution in [2.75, 3.05) is 25.0 Å². The number of para-hydroxylation sites is 1. The van der Waals surface area contributed by atoms with E-state index in [0.717, 1.165) is 13.1 Å². The van der Waals surface area contributed by atoms with Crippen LogP contribution in [-0.2, 0) is 11.3 Å². The molecule has 1 aromatic carbocycles. The molecular formula is C16H24N2O2. The fourth-order valence-corrected chi connectivity index (χ4v) is 2.96. The molecule has 1 aliphatic rings. The van der Waals surface area contributed by atoms with Crippen LogP contribution in [0.2, 0.25) is 0 Å². The van der Waals surface area contributed by atoms with Crippen molar-refractivity contribution < 1.29 is 9.90 Å². The van der Waals surface area contributed by atoms with Gasteiger partial charge in [-0.1, -0.05) is 25.1 Å². The van der Waals surface area contributed by atoms with Crippen LogP contribution in [0.25, 0.3) is 0 Å². The van der Waals surface area contributed by atoms with Crippen molar-refractivity contribution in [3.05, 3.63) is 29.8 Å². The molecule has 0 radical (unpaired) electrons. The summed E-state index contributed by atoms with van der Waals surface area (Å²) >= 11 is 0. The molecule has 1 aromatic rings. The number of hydrogen-bond donors (Lipinski definition) is 1. The van der Waals surface area contributed by atoms with Crippen molar-refractivity contribution >= 4 is 11.7 Å². The van der Waals surface area contributed by atoms with Crippen LogP contribution in [0.4, 0.5) is 5.69 Å². The van der Waals surface area contributed by atoms with E-state index in [4.69, 9.17) is 0 Å². The van der Waals surface area contributed by atoms with E-state index in [1.807, 2.05) is 24.9 Å². The summed E-state index contributed by atoms with van der Waals surface area (Å²) < 4.78 is 0. The van der Waals surface area contributed by atoms with Crippen LogP contribution in [0, 0.1) is 0 Å². The smallest absolute Gasteiger partial charge is 0.320 e. The number of carbonyl (C=O) groups is 1. The van der Waals surface area contributed by atoms with E-state index < -0.39 is 12.0 Å². The van der Waals surface area contributed by atoms with Gasteiger partial charge in [0.15, 0.2) is 0 Å². The minimum atomic E-state index is -0.742. The zero-order chi connectivity index (χ0) is 14.5. The second kappa shape index (κ2) is 6.75. The van der Waals surface area contributed by atoms with Gasteiger partial charge in [-0.2, -0.15) is 0 Å². The largest absolute Gasteiger partial charge is 0.480 e. The molecule has 1 fully saturated rings. The van der Waals surface area contributed by atoms with Gasteiger partial charge >= 0.3 is 5.97 Å². The van der Waals surface area contributed by atoms with E-state index in [0.29, 0.717) is 13.0 Å². The van der Waals surface area contributed by atoms with Crippen molar-refractivity contribution in [1.82, 2.24) is 4.90 Å². The minimum absolute atomic E-state index is 0.415. The van der Waals surface area contributed by atoms with E-state index in [2.05, 4.69) is 23.1 Å². The Morgan fingerprint density at radius 1 is 1.35 bits per heavy atom.